The molecular formula is C19H18N2O4. The SMILES string of the molecule is Cc1ccc([C@H](CC(=O)O)NC(=O)Cc2noc3ccccc23)cc1. The summed E-state index contributed by atoms with van der Waals surface area (Å²) in [7, 11) is 0. The molecule has 0 saturated heterocycles. The Morgan fingerprint density at radius 1 is 1.16 bits per heavy atom. The maximum absolute atomic E-state index is 12.4. The van der Waals surface area contributed by atoms with Gasteiger partial charge in [0, 0.05) is 5.39 Å². The van der Waals surface area contributed by atoms with Crippen molar-refractivity contribution in [3.63, 3.8) is 0 Å². The molecule has 1 amide bonds. The van der Waals surface area contributed by atoms with Crippen molar-refractivity contribution < 1.29 is 19.2 Å². The number of hydrogen-bond acceptors (Lipinski definition) is 4. The Kier molecular flexibility index (Phi) is 4.79. The number of rotatable bonds is 6. The molecule has 0 radical (unpaired) electrons. The molecular weight excluding hydrogens is 320 g/mol. The lowest BCUT2D eigenvalue weighted by molar-refractivity contribution is -0.137. The predicted molar refractivity (Wildman–Crippen MR) is 92.0 cm³/mol. The molecule has 6 heteroatoms. The van der Waals surface area contributed by atoms with Crippen LogP contribution in [0.15, 0.2) is 53.1 Å². The summed E-state index contributed by atoms with van der Waals surface area (Å²) in [5, 5.41) is 16.6. The number of amides is 1. The minimum Gasteiger partial charge on any atom is -0.481 e. The van der Waals surface area contributed by atoms with Crippen LogP contribution in [0, 0.1) is 6.92 Å². The summed E-state index contributed by atoms with van der Waals surface area (Å²) in [5.41, 5.74) is 2.97. The van der Waals surface area contributed by atoms with Crippen LogP contribution < -0.4 is 5.32 Å². The van der Waals surface area contributed by atoms with Crippen LogP contribution in [0.4, 0.5) is 0 Å². The Morgan fingerprint density at radius 3 is 2.60 bits per heavy atom. The fraction of sp³-hybridized carbons (Fsp3) is 0.211. The van der Waals surface area contributed by atoms with Gasteiger partial charge >= 0.3 is 5.97 Å². The molecule has 1 atom stereocenters. The molecule has 0 fully saturated rings. The van der Waals surface area contributed by atoms with Crippen molar-refractivity contribution in [1.29, 1.82) is 0 Å². The van der Waals surface area contributed by atoms with Crippen LogP contribution >= 0.6 is 0 Å². The summed E-state index contributed by atoms with van der Waals surface area (Å²) >= 11 is 0. The molecule has 2 N–H and O–H groups in total. The lowest BCUT2D eigenvalue weighted by Crippen LogP contribution is -2.31. The molecule has 0 saturated carbocycles. The number of nitrogens with zero attached hydrogens (tertiary/aromatic N) is 1. The van der Waals surface area contributed by atoms with Crippen LogP contribution in [0.2, 0.25) is 0 Å². The number of carbonyl (C=O) groups is 2. The second-order valence-corrected chi connectivity index (χ2v) is 5.93. The Morgan fingerprint density at radius 2 is 1.88 bits per heavy atom. The fourth-order valence-corrected chi connectivity index (χ4v) is 2.69. The van der Waals surface area contributed by atoms with Crippen LogP contribution in [0.3, 0.4) is 0 Å². The first-order valence-corrected chi connectivity index (χ1v) is 7.94. The number of aryl methyl sites for hydroxylation is 1. The first-order valence-electron chi connectivity index (χ1n) is 7.94. The molecule has 0 aliphatic heterocycles. The van der Waals surface area contributed by atoms with E-state index in [1.807, 2.05) is 49.4 Å². The summed E-state index contributed by atoms with van der Waals surface area (Å²) < 4.78 is 5.19. The molecule has 3 aromatic rings. The molecule has 0 bridgehead atoms. The third-order valence-corrected chi connectivity index (χ3v) is 3.97. The van der Waals surface area contributed by atoms with Crippen molar-refractivity contribution in [2.45, 2.75) is 25.8 Å². The number of carboxylic acids is 1. The summed E-state index contributed by atoms with van der Waals surface area (Å²) in [4.78, 5) is 23.5. The highest BCUT2D eigenvalue weighted by Gasteiger charge is 2.20. The normalized spacial score (nSPS) is 12.0. The van der Waals surface area contributed by atoms with E-state index in [0.29, 0.717) is 11.3 Å². The first kappa shape index (κ1) is 16.7. The molecule has 1 heterocycles. The van der Waals surface area contributed by atoms with Crippen LogP contribution in [0.1, 0.15) is 29.3 Å². The summed E-state index contributed by atoms with van der Waals surface area (Å²) in [6.07, 6.45) is -0.159. The average molecular weight is 338 g/mol. The van der Waals surface area contributed by atoms with Gasteiger partial charge in [0.2, 0.25) is 5.91 Å². The van der Waals surface area contributed by atoms with Crippen LogP contribution in [-0.2, 0) is 16.0 Å². The Labute approximate surface area is 144 Å². The minimum atomic E-state index is -0.974. The Balaban J connectivity index is 1.75. The molecule has 0 aliphatic carbocycles. The van der Waals surface area contributed by atoms with Gasteiger partial charge < -0.3 is 14.9 Å². The van der Waals surface area contributed by atoms with Gasteiger partial charge in [0.1, 0.15) is 5.69 Å². The van der Waals surface area contributed by atoms with Crippen molar-refractivity contribution in [3.05, 3.63) is 65.4 Å². The molecule has 2 aromatic carbocycles. The van der Waals surface area contributed by atoms with Crippen molar-refractivity contribution in [3.8, 4) is 0 Å². The molecule has 128 valence electrons. The van der Waals surface area contributed by atoms with Gasteiger partial charge in [-0.2, -0.15) is 0 Å². The molecule has 1 aromatic heterocycles. The van der Waals surface area contributed by atoms with E-state index in [2.05, 4.69) is 10.5 Å². The van der Waals surface area contributed by atoms with Gasteiger partial charge in [-0.15, -0.1) is 0 Å². The maximum atomic E-state index is 12.4. The molecule has 0 aliphatic rings. The van der Waals surface area contributed by atoms with E-state index in [4.69, 9.17) is 9.63 Å². The van der Waals surface area contributed by atoms with Gasteiger partial charge in [0.15, 0.2) is 5.58 Å². The quantitative estimate of drug-likeness (QED) is 0.721. The largest absolute Gasteiger partial charge is 0.481 e. The van der Waals surface area contributed by atoms with E-state index in [9.17, 15) is 9.59 Å². The number of hydrogen-bond donors (Lipinski definition) is 2. The summed E-state index contributed by atoms with van der Waals surface area (Å²) in [5.74, 6) is -1.27. The van der Waals surface area contributed by atoms with Crippen LogP contribution in [0.25, 0.3) is 11.0 Å². The van der Waals surface area contributed by atoms with E-state index in [0.717, 1.165) is 16.5 Å². The highest BCUT2D eigenvalue weighted by atomic mass is 16.5. The number of aromatic nitrogens is 1. The molecule has 6 nitrogen and oxygen atoms in total. The van der Waals surface area contributed by atoms with Gasteiger partial charge in [0.05, 0.1) is 18.9 Å². The lowest BCUT2D eigenvalue weighted by Gasteiger charge is -2.17. The van der Waals surface area contributed by atoms with Crippen molar-refractivity contribution in [2.24, 2.45) is 0 Å². The van der Waals surface area contributed by atoms with Crippen molar-refractivity contribution >= 4 is 22.8 Å². The number of aliphatic carboxylic acids is 1. The van der Waals surface area contributed by atoms with Gasteiger partial charge in [-0.1, -0.05) is 47.1 Å². The third kappa shape index (κ3) is 4.03. The van der Waals surface area contributed by atoms with E-state index >= 15 is 0 Å². The zero-order chi connectivity index (χ0) is 17.8. The maximum Gasteiger partial charge on any atom is 0.305 e. The van der Waals surface area contributed by atoms with Gasteiger partial charge in [-0.25, -0.2) is 0 Å². The lowest BCUT2D eigenvalue weighted by atomic mass is 10.0. The van der Waals surface area contributed by atoms with E-state index < -0.39 is 12.0 Å². The first-order chi connectivity index (χ1) is 12.0. The zero-order valence-corrected chi connectivity index (χ0v) is 13.7. The van der Waals surface area contributed by atoms with Gasteiger partial charge in [-0.05, 0) is 24.6 Å². The molecule has 3 rings (SSSR count). The number of carbonyl (C=O) groups excluding carboxylic acids is 1. The number of carboxylic acid groups (broad SMARTS) is 1. The van der Waals surface area contributed by atoms with Gasteiger partial charge in [-0.3, -0.25) is 9.59 Å². The van der Waals surface area contributed by atoms with Crippen LogP contribution in [-0.4, -0.2) is 22.1 Å². The number of fused-ring (bicyclic) bond motifs is 1. The zero-order valence-electron chi connectivity index (χ0n) is 13.7. The Bertz CT molecular complexity index is 899. The summed E-state index contributed by atoms with van der Waals surface area (Å²) in [6.45, 7) is 1.95. The summed E-state index contributed by atoms with van der Waals surface area (Å²) in [6, 6.07) is 14.1. The second-order valence-electron chi connectivity index (χ2n) is 5.93. The van der Waals surface area contributed by atoms with Crippen molar-refractivity contribution in [2.75, 3.05) is 0 Å². The predicted octanol–water partition coefficient (Wildman–Crippen LogP) is 3.01. The third-order valence-electron chi connectivity index (χ3n) is 3.97. The van der Waals surface area contributed by atoms with Gasteiger partial charge in [0.25, 0.3) is 0 Å². The topological polar surface area (TPSA) is 92.4 Å². The number of benzene rings is 2. The fourth-order valence-electron chi connectivity index (χ4n) is 2.69. The molecule has 25 heavy (non-hydrogen) atoms. The number of nitrogens with one attached hydrogen (secondary N) is 1. The second kappa shape index (κ2) is 7.17. The smallest absolute Gasteiger partial charge is 0.305 e. The standard InChI is InChI=1S/C19H18N2O4/c1-12-6-8-13(9-7-12)15(11-19(23)24)20-18(22)10-16-14-4-2-3-5-17(14)25-21-16/h2-9,15H,10-11H2,1H3,(H,20,22)(H,23,24)/t15-/m0/s1. The van der Waals surface area contributed by atoms with E-state index in [1.54, 1.807) is 6.07 Å². The number of para-hydroxylation sites is 1. The van der Waals surface area contributed by atoms with E-state index in [-0.39, 0.29) is 18.7 Å². The van der Waals surface area contributed by atoms with Crippen LogP contribution in [0.5, 0.6) is 0 Å². The minimum absolute atomic E-state index is 0.0268. The van der Waals surface area contributed by atoms with E-state index in [1.165, 1.54) is 0 Å². The highest BCUT2D eigenvalue weighted by molar-refractivity contribution is 5.86. The van der Waals surface area contributed by atoms with Crippen molar-refractivity contribution in [1.82, 2.24) is 10.5 Å². The monoisotopic (exact) mass is 338 g/mol. The molecule has 0 spiro atoms. The highest BCUT2D eigenvalue weighted by Crippen LogP contribution is 2.20. The average Bonchev–Trinajstić information content (AvgIpc) is 2.98. The molecule has 0 unspecified atom stereocenters. The Hall–Kier alpha value is -3.15.